The van der Waals surface area contributed by atoms with Crippen LogP contribution in [0.2, 0.25) is 0 Å². The van der Waals surface area contributed by atoms with Gasteiger partial charge in [0.2, 0.25) is 0 Å². The number of nitrogens with one attached hydrogen (secondary N) is 1. The first-order valence-corrected chi connectivity index (χ1v) is 9.81. The van der Waals surface area contributed by atoms with Crippen LogP contribution in [0.25, 0.3) is 0 Å². The van der Waals surface area contributed by atoms with Gasteiger partial charge in [-0.2, -0.15) is 0 Å². The molecule has 1 unspecified atom stereocenters. The van der Waals surface area contributed by atoms with Crippen molar-refractivity contribution >= 4 is 21.6 Å². The third kappa shape index (κ3) is 4.42. The summed E-state index contributed by atoms with van der Waals surface area (Å²) >= 11 is 0. The average Bonchev–Trinajstić information content (AvgIpc) is 2.59. The summed E-state index contributed by atoms with van der Waals surface area (Å²) in [4.78, 5) is 14.3. The Morgan fingerprint density at radius 3 is 2.50 bits per heavy atom. The molecule has 7 heteroatoms. The molecule has 6 nitrogen and oxygen atoms in total. The van der Waals surface area contributed by atoms with Gasteiger partial charge in [0.1, 0.15) is 0 Å². The van der Waals surface area contributed by atoms with E-state index in [-0.39, 0.29) is 16.8 Å². The van der Waals surface area contributed by atoms with E-state index in [2.05, 4.69) is 4.72 Å². The first kappa shape index (κ1) is 19.9. The van der Waals surface area contributed by atoms with Gasteiger partial charge in [0, 0.05) is 30.9 Å². The van der Waals surface area contributed by atoms with E-state index in [1.54, 1.807) is 38.2 Å². The number of carbonyl (C=O) groups excluding carboxylic acids is 1. The summed E-state index contributed by atoms with van der Waals surface area (Å²) in [6.07, 6.45) is 0. The topological polar surface area (TPSA) is 92.5 Å². The molecule has 0 saturated heterocycles. The van der Waals surface area contributed by atoms with E-state index < -0.39 is 10.0 Å². The van der Waals surface area contributed by atoms with Crippen molar-refractivity contribution in [1.29, 1.82) is 0 Å². The second kappa shape index (κ2) is 7.88. The number of nitrogens with two attached hydrogens (primary N) is 1. The fourth-order valence-electron chi connectivity index (χ4n) is 2.47. The number of aryl methyl sites for hydroxylation is 2. The van der Waals surface area contributed by atoms with Gasteiger partial charge in [-0.05, 0) is 56.2 Å². The Balaban J connectivity index is 2.37. The normalized spacial score (nSPS) is 12.5. The Morgan fingerprint density at radius 2 is 1.88 bits per heavy atom. The molecule has 0 aliphatic heterocycles. The zero-order chi connectivity index (χ0) is 19.5. The van der Waals surface area contributed by atoms with Crippen LogP contribution in [0.15, 0.2) is 47.4 Å². The minimum absolute atomic E-state index is 0.0433. The van der Waals surface area contributed by atoms with E-state index in [0.717, 1.165) is 5.56 Å². The zero-order valence-electron chi connectivity index (χ0n) is 15.5. The number of rotatable bonds is 6. The van der Waals surface area contributed by atoms with Crippen LogP contribution in [-0.2, 0) is 10.0 Å². The molecule has 3 N–H and O–H groups in total. The molecule has 2 aromatic carbocycles. The van der Waals surface area contributed by atoms with Gasteiger partial charge in [-0.15, -0.1) is 0 Å². The summed E-state index contributed by atoms with van der Waals surface area (Å²) in [6, 6.07) is 11.5. The molecule has 0 spiro atoms. The second-order valence-corrected chi connectivity index (χ2v) is 8.13. The second-order valence-electron chi connectivity index (χ2n) is 6.45. The molecule has 0 saturated carbocycles. The molecule has 0 heterocycles. The lowest BCUT2D eigenvalue weighted by atomic mass is 10.1. The number of hydrogen-bond acceptors (Lipinski definition) is 4. The van der Waals surface area contributed by atoms with Gasteiger partial charge in [-0.3, -0.25) is 9.52 Å². The molecule has 140 valence electrons. The van der Waals surface area contributed by atoms with Gasteiger partial charge in [0.15, 0.2) is 0 Å². The van der Waals surface area contributed by atoms with Crippen LogP contribution in [-0.4, -0.2) is 38.9 Å². The van der Waals surface area contributed by atoms with E-state index >= 15 is 0 Å². The Bertz CT molecular complexity index is 910. The van der Waals surface area contributed by atoms with Gasteiger partial charge in [-0.25, -0.2) is 8.42 Å². The first-order valence-electron chi connectivity index (χ1n) is 8.33. The Morgan fingerprint density at radius 1 is 1.19 bits per heavy atom. The SMILES string of the molecule is Cc1cccc(NS(=O)(=O)c2ccc(C)c(C(=O)N(C)C(C)CN)c2)c1. The van der Waals surface area contributed by atoms with Crippen molar-refractivity contribution in [3.8, 4) is 0 Å². The molecule has 0 fully saturated rings. The number of hydrogen-bond donors (Lipinski definition) is 2. The summed E-state index contributed by atoms with van der Waals surface area (Å²) < 4.78 is 28.0. The van der Waals surface area contributed by atoms with Crippen molar-refractivity contribution in [1.82, 2.24) is 4.90 Å². The Kier molecular flexibility index (Phi) is 6.05. The summed E-state index contributed by atoms with van der Waals surface area (Å²) in [5.74, 6) is -0.256. The monoisotopic (exact) mass is 375 g/mol. The molecule has 1 amide bonds. The largest absolute Gasteiger partial charge is 0.338 e. The van der Waals surface area contributed by atoms with Gasteiger partial charge < -0.3 is 10.6 Å². The highest BCUT2D eigenvalue weighted by atomic mass is 32.2. The van der Waals surface area contributed by atoms with Crippen molar-refractivity contribution in [3.05, 3.63) is 59.2 Å². The number of sulfonamides is 1. The lowest BCUT2D eigenvalue weighted by molar-refractivity contribution is 0.0747. The van der Waals surface area contributed by atoms with Crippen LogP contribution in [0.3, 0.4) is 0 Å². The van der Waals surface area contributed by atoms with Crippen molar-refractivity contribution in [2.75, 3.05) is 18.3 Å². The van der Waals surface area contributed by atoms with Crippen LogP contribution < -0.4 is 10.5 Å². The molecule has 0 aromatic heterocycles. The average molecular weight is 375 g/mol. The van der Waals surface area contributed by atoms with Gasteiger partial charge >= 0.3 is 0 Å². The quantitative estimate of drug-likeness (QED) is 0.811. The Labute approximate surface area is 155 Å². The maximum atomic E-state index is 12.7. The fourth-order valence-corrected chi connectivity index (χ4v) is 3.54. The molecule has 0 bridgehead atoms. The molecule has 1 atom stereocenters. The van der Waals surface area contributed by atoms with E-state index in [1.165, 1.54) is 17.0 Å². The standard InChI is InChI=1S/C19H25N3O3S/c1-13-6-5-7-16(10-13)21-26(24,25)17-9-8-14(2)18(11-17)19(23)22(4)15(3)12-20/h5-11,15,21H,12,20H2,1-4H3. The summed E-state index contributed by atoms with van der Waals surface area (Å²) in [5.41, 5.74) is 8.11. The predicted molar refractivity (Wildman–Crippen MR) is 104 cm³/mol. The maximum Gasteiger partial charge on any atom is 0.261 e. The minimum atomic E-state index is -3.80. The minimum Gasteiger partial charge on any atom is -0.338 e. The van der Waals surface area contributed by atoms with Crippen LogP contribution in [0.1, 0.15) is 28.4 Å². The van der Waals surface area contributed by atoms with E-state index in [1.807, 2.05) is 19.9 Å². The van der Waals surface area contributed by atoms with E-state index in [4.69, 9.17) is 5.73 Å². The van der Waals surface area contributed by atoms with Crippen LogP contribution in [0.5, 0.6) is 0 Å². The molecule has 2 rings (SSSR count). The zero-order valence-corrected chi connectivity index (χ0v) is 16.3. The van der Waals surface area contributed by atoms with Crippen molar-refractivity contribution in [3.63, 3.8) is 0 Å². The maximum absolute atomic E-state index is 12.7. The fraction of sp³-hybridized carbons (Fsp3) is 0.316. The highest BCUT2D eigenvalue weighted by Gasteiger charge is 2.22. The van der Waals surface area contributed by atoms with Crippen molar-refractivity contribution < 1.29 is 13.2 Å². The van der Waals surface area contributed by atoms with Crippen LogP contribution in [0.4, 0.5) is 5.69 Å². The third-order valence-corrected chi connectivity index (χ3v) is 5.72. The number of anilines is 1. The first-order chi connectivity index (χ1) is 12.2. The number of benzene rings is 2. The summed E-state index contributed by atoms with van der Waals surface area (Å²) in [5, 5.41) is 0. The summed E-state index contributed by atoms with van der Waals surface area (Å²) in [7, 11) is -2.14. The number of amides is 1. The van der Waals surface area contributed by atoms with Gasteiger partial charge in [0.25, 0.3) is 15.9 Å². The molecule has 0 aliphatic rings. The van der Waals surface area contributed by atoms with Gasteiger partial charge in [-0.1, -0.05) is 18.2 Å². The van der Waals surface area contributed by atoms with E-state index in [9.17, 15) is 13.2 Å². The smallest absolute Gasteiger partial charge is 0.261 e. The molecule has 0 radical (unpaired) electrons. The lowest BCUT2D eigenvalue weighted by Gasteiger charge is -2.24. The Hall–Kier alpha value is -2.38. The number of nitrogens with zero attached hydrogens (tertiary/aromatic N) is 1. The molecular formula is C19H25N3O3S. The van der Waals surface area contributed by atoms with Crippen LogP contribution >= 0.6 is 0 Å². The molecule has 26 heavy (non-hydrogen) atoms. The molecular weight excluding hydrogens is 350 g/mol. The number of likely N-dealkylation sites (N-methyl/N-ethyl adjacent to an activating group) is 1. The van der Waals surface area contributed by atoms with E-state index in [0.29, 0.717) is 23.4 Å². The third-order valence-electron chi connectivity index (χ3n) is 4.34. The lowest BCUT2D eigenvalue weighted by Crippen LogP contribution is -2.40. The predicted octanol–water partition coefficient (Wildman–Crippen LogP) is 2.52. The summed E-state index contributed by atoms with van der Waals surface area (Å²) in [6.45, 7) is 5.83. The van der Waals surface area contributed by atoms with Crippen molar-refractivity contribution in [2.45, 2.75) is 31.7 Å². The van der Waals surface area contributed by atoms with Gasteiger partial charge in [0.05, 0.1) is 4.90 Å². The molecule has 0 aliphatic carbocycles. The molecule has 2 aromatic rings. The van der Waals surface area contributed by atoms with Crippen LogP contribution in [0, 0.1) is 13.8 Å². The van der Waals surface area contributed by atoms with Crippen molar-refractivity contribution in [2.24, 2.45) is 5.73 Å². The highest BCUT2D eigenvalue weighted by Crippen LogP contribution is 2.21. The number of carbonyl (C=O) groups is 1. The highest BCUT2D eigenvalue weighted by molar-refractivity contribution is 7.92.